The molecule has 0 bridgehead atoms. The molecule has 34 heavy (non-hydrogen) atoms. The van der Waals surface area contributed by atoms with Crippen molar-refractivity contribution in [1.82, 2.24) is 5.32 Å². The molecule has 0 atom stereocenters. The summed E-state index contributed by atoms with van der Waals surface area (Å²) in [7, 11) is 1.75. The van der Waals surface area contributed by atoms with E-state index in [-0.39, 0.29) is 5.91 Å². The lowest BCUT2D eigenvalue weighted by atomic mass is 10.3. The average molecular weight is 512 g/mol. The van der Waals surface area contributed by atoms with Gasteiger partial charge in [-0.3, -0.25) is 4.79 Å². The molecule has 0 aromatic carbocycles. The van der Waals surface area contributed by atoms with Crippen LogP contribution < -0.4 is 5.32 Å². The number of amides is 1. The highest BCUT2D eigenvalue weighted by Crippen LogP contribution is 2.18. The summed E-state index contributed by atoms with van der Waals surface area (Å²) in [6, 6.07) is 0.512. The highest BCUT2D eigenvalue weighted by atomic mass is 28.4. The number of nitrogens with one attached hydrogen (secondary N) is 1. The minimum Gasteiger partial charge on any atom is -0.382 e. The summed E-state index contributed by atoms with van der Waals surface area (Å²) in [4.78, 5) is 11.8. The molecule has 0 aromatic heterocycles. The fraction of sp³-hybridized carbons (Fsp3) is 0.864. The summed E-state index contributed by atoms with van der Waals surface area (Å²) in [6.07, 6.45) is 0.616. The van der Waals surface area contributed by atoms with Crippen molar-refractivity contribution in [1.29, 1.82) is 0 Å². The molecule has 0 saturated carbocycles. The van der Waals surface area contributed by atoms with Gasteiger partial charge in [0.25, 0.3) is 0 Å². The molecule has 0 saturated heterocycles. The van der Waals surface area contributed by atoms with E-state index in [1.54, 1.807) is 28.3 Å². The summed E-state index contributed by atoms with van der Waals surface area (Å²) < 4.78 is 50.0. The second-order valence-electron chi connectivity index (χ2n) is 7.18. The van der Waals surface area contributed by atoms with E-state index in [1.807, 2.05) is 0 Å². The van der Waals surface area contributed by atoms with Gasteiger partial charge in [0, 0.05) is 39.5 Å². The van der Waals surface area contributed by atoms with Crippen molar-refractivity contribution in [2.24, 2.45) is 0 Å². The Morgan fingerprint density at radius 1 is 0.676 bits per heavy atom. The molecule has 12 heteroatoms. The van der Waals surface area contributed by atoms with Crippen LogP contribution in [0.1, 0.15) is 13.3 Å². The SMILES string of the molecule is C=C(C)C(=O)NCCC[Si](OCCOCCOC)(OCCOCCOC)OCCOCCOC. The van der Waals surface area contributed by atoms with Crippen molar-refractivity contribution in [2.45, 2.75) is 19.4 Å². The number of carbonyl (C=O) groups is 1. The molecular formula is C22H45NO10Si. The first kappa shape index (κ1) is 33.1. The molecule has 0 radical (unpaired) electrons. The van der Waals surface area contributed by atoms with Gasteiger partial charge in [-0.05, 0) is 13.3 Å². The van der Waals surface area contributed by atoms with Gasteiger partial charge in [-0.15, -0.1) is 0 Å². The summed E-state index contributed by atoms with van der Waals surface area (Å²) in [5, 5.41) is 2.83. The van der Waals surface area contributed by atoms with Crippen molar-refractivity contribution in [3.63, 3.8) is 0 Å². The van der Waals surface area contributed by atoms with Gasteiger partial charge in [0.2, 0.25) is 5.91 Å². The number of hydrogen-bond acceptors (Lipinski definition) is 10. The lowest BCUT2D eigenvalue weighted by molar-refractivity contribution is -0.117. The lowest BCUT2D eigenvalue weighted by Gasteiger charge is -2.30. The first-order valence-corrected chi connectivity index (χ1v) is 13.5. The molecule has 0 aliphatic heterocycles. The van der Waals surface area contributed by atoms with E-state index in [2.05, 4.69) is 11.9 Å². The predicted molar refractivity (Wildman–Crippen MR) is 129 cm³/mol. The van der Waals surface area contributed by atoms with E-state index < -0.39 is 8.80 Å². The minimum absolute atomic E-state index is 0.181. The molecule has 0 unspecified atom stereocenters. The van der Waals surface area contributed by atoms with Gasteiger partial charge >= 0.3 is 8.80 Å². The predicted octanol–water partition coefficient (Wildman–Crippen LogP) is 1.05. The van der Waals surface area contributed by atoms with Crippen LogP contribution in [0, 0.1) is 0 Å². The van der Waals surface area contributed by atoms with Crippen molar-refractivity contribution in [3.8, 4) is 0 Å². The van der Waals surface area contributed by atoms with E-state index in [9.17, 15) is 4.79 Å². The molecule has 202 valence electrons. The molecule has 1 N–H and O–H groups in total. The number of ether oxygens (including phenoxy) is 6. The lowest BCUT2D eigenvalue weighted by Crippen LogP contribution is -2.48. The van der Waals surface area contributed by atoms with Gasteiger partial charge in [0.15, 0.2) is 0 Å². The van der Waals surface area contributed by atoms with Crippen LogP contribution in [0.3, 0.4) is 0 Å². The van der Waals surface area contributed by atoms with Crippen LogP contribution >= 0.6 is 0 Å². The van der Waals surface area contributed by atoms with Gasteiger partial charge < -0.3 is 47.0 Å². The minimum atomic E-state index is -3.11. The van der Waals surface area contributed by atoms with Gasteiger partial charge in [-0.2, -0.15) is 0 Å². The van der Waals surface area contributed by atoms with Crippen LogP contribution in [0.2, 0.25) is 6.04 Å². The van der Waals surface area contributed by atoms with Crippen molar-refractivity contribution in [2.75, 3.05) is 107 Å². The molecule has 11 nitrogen and oxygen atoms in total. The van der Waals surface area contributed by atoms with Crippen molar-refractivity contribution < 1.29 is 46.5 Å². The molecule has 0 fully saturated rings. The molecule has 0 aromatic rings. The Morgan fingerprint density at radius 3 is 1.41 bits per heavy atom. The van der Waals surface area contributed by atoms with Crippen LogP contribution in [-0.2, 0) is 46.5 Å². The Hall–Kier alpha value is -0.933. The van der Waals surface area contributed by atoms with Crippen LogP contribution in [-0.4, -0.2) is 122 Å². The van der Waals surface area contributed by atoms with E-state index in [4.69, 9.17) is 41.7 Å². The maximum atomic E-state index is 11.8. The van der Waals surface area contributed by atoms with Crippen LogP contribution in [0.15, 0.2) is 12.2 Å². The summed E-state index contributed by atoms with van der Waals surface area (Å²) >= 11 is 0. The Kier molecular flexibility index (Phi) is 23.1. The highest BCUT2D eigenvalue weighted by Gasteiger charge is 2.41. The maximum absolute atomic E-state index is 11.8. The standard InChI is InChI=1S/C22H45NO10Si/c1-21(2)22(24)23-7-6-20-34(31-17-14-28-11-8-25-3,32-18-15-29-12-9-26-4)33-19-16-30-13-10-27-5/h1,6-20H2,2-5H3,(H,23,24). The topological polar surface area (TPSA) is 112 Å². The highest BCUT2D eigenvalue weighted by molar-refractivity contribution is 6.60. The number of hydrogen-bond donors (Lipinski definition) is 1. The Bertz CT molecular complexity index is 458. The van der Waals surface area contributed by atoms with Crippen molar-refractivity contribution in [3.05, 3.63) is 12.2 Å². The van der Waals surface area contributed by atoms with E-state index in [0.717, 1.165) is 0 Å². The monoisotopic (exact) mass is 511 g/mol. The molecular weight excluding hydrogens is 466 g/mol. The van der Waals surface area contributed by atoms with E-state index in [1.165, 1.54) is 0 Å². The van der Waals surface area contributed by atoms with Gasteiger partial charge in [-0.25, -0.2) is 0 Å². The first-order chi connectivity index (χ1) is 16.5. The van der Waals surface area contributed by atoms with Gasteiger partial charge in [0.05, 0.1) is 79.3 Å². The Morgan fingerprint density at radius 2 is 1.06 bits per heavy atom. The average Bonchev–Trinajstić information content (AvgIpc) is 2.83. The normalized spacial score (nSPS) is 11.6. The smallest absolute Gasteiger partial charge is 0.382 e. The zero-order chi connectivity index (χ0) is 25.3. The summed E-state index contributed by atoms with van der Waals surface area (Å²) in [5.41, 5.74) is 0.460. The second kappa shape index (κ2) is 23.8. The molecule has 0 aliphatic rings. The molecule has 1 amide bonds. The van der Waals surface area contributed by atoms with E-state index in [0.29, 0.717) is 104 Å². The van der Waals surface area contributed by atoms with Gasteiger partial charge in [0.1, 0.15) is 0 Å². The number of methoxy groups -OCH3 is 3. The number of carbonyl (C=O) groups excluding carboxylic acids is 1. The van der Waals surface area contributed by atoms with Gasteiger partial charge in [-0.1, -0.05) is 6.58 Å². The van der Waals surface area contributed by atoms with Crippen LogP contribution in [0.25, 0.3) is 0 Å². The quantitative estimate of drug-likeness (QED) is 0.103. The molecule has 0 spiro atoms. The Labute approximate surface area is 205 Å². The zero-order valence-electron chi connectivity index (χ0n) is 21.4. The third kappa shape index (κ3) is 19.4. The zero-order valence-corrected chi connectivity index (χ0v) is 22.4. The van der Waals surface area contributed by atoms with Crippen LogP contribution in [0.5, 0.6) is 0 Å². The summed E-state index contributed by atoms with van der Waals surface area (Å²) in [6.45, 7) is 10.8. The van der Waals surface area contributed by atoms with E-state index >= 15 is 0 Å². The third-order valence-electron chi connectivity index (χ3n) is 4.28. The maximum Gasteiger partial charge on any atom is 0.501 e. The van der Waals surface area contributed by atoms with Crippen LogP contribution in [0.4, 0.5) is 0 Å². The molecule has 0 rings (SSSR count). The fourth-order valence-corrected chi connectivity index (χ4v) is 4.98. The largest absolute Gasteiger partial charge is 0.501 e. The third-order valence-corrected chi connectivity index (χ3v) is 7.18. The van der Waals surface area contributed by atoms with Crippen molar-refractivity contribution >= 4 is 14.7 Å². The summed E-state index contributed by atoms with van der Waals surface area (Å²) in [5.74, 6) is -0.181. The Balaban J connectivity index is 4.90. The number of rotatable bonds is 26. The molecule has 0 heterocycles. The second-order valence-corrected chi connectivity index (χ2v) is 9.92. The first-order valence-electron chi connectivity index (χ1n) is 11.6. The molecule has 0 aliphatic carbocycles. The fourth-order valence-electron chi connectivity index (χ4n) is 2.50.